The number of aromatic nitrogens is 3. The number of allylic oxidation sites excluding steroid dienone is 2. The molecule has 0 bridgehead atoms. The Bertz CT molecular complexity index is 1920. The highest BCUT2D eigenvalue weighted by molar-refractivity contribution is 6.03. The highest BCUT2D eigenvalue weighted by Gasteiger charge is 2.49. The Morgan fingerprint density at radius 1 is 1.18 bits per heavy atom. The van der Waals surface area contributed by atoms with Crippen molar-refractivity contribution in [3.8, 4) is 35.4 Å². The second-order valence-corrected chi connectivity index (χ2v) is 11.5. The zero-order valence-corrected chi connectivity index (χ0v) is 23.5. The molecule has 1 N–H and O–H groups in total. The number of fused-ring (bicyclic) bond motifs is 3. The Hall–Kier alpha value is -4.69. The second-order valence-electron chi connectivity index (χ2n) is 11.5. The first kappa shape index (κ1) is 28.1. The summed E-state index contributed by atoms with van der Waals surface area (Å²) in [6.45, 7) is 1.34. The molecule has 3 aliphatic rings. The lowest BCUT2D eigenvalue weighted by molar-refractivity contribution is 0.107. The fourth-order valence-corrected chi connectivity index (χ4v) is 6.74. The molecule has 11 heteroatoms. The van der Waals surface area contributed by atoms with Gasteiger partial charge in [0.25, 0.3) is 0 Å². The first-order chi connectivity index (χ1) is 21.3. The number of hydrogen-bond donors (Lipinski definition) is 1. The van der Waals surface area contributed by atoms with Crippen molar-refractivity contribution < 1.29 is 27.4 Å². The third kappa shape index (κ3) is 4.70. The molecule has 0 saturated carbocycles. The van der Waals surface area contributed by atoms with Crippen molar-refractivity contribution >= 4 is 27.5 Å². The van der Waals surface area contributed by atoms with Gasteiger partial charge in [0.2, 0.25) is 0 Å². The monoisotopic (exact) mass is 601 g/mol. The van der Waals surface area contributed by atoms with Gasteiger partial charge in [-0.2, -0.15) is 9.97 Å². The number of phenols is 1. The van der Waals surface area contributed by atoms with Crippen molar-refractivity contribution in [3.05, 3.63) is 71.7 Å². The summed E-state index contributed by atoms with van der Waals surface area (Å²) < 4.78 is 66.4. The van der Waals surface area contributed by atoms with Crippen molar-refractivity contribution in [2.45, 2.75) is 31.0 Å². The Morgan fingerprint density at radius 3 is 2.89 bits per heavy atom. The molecule has 2 atom stereocenters. The van der Waals surface area contributed by atoms with Crippen LogP contribution in [0.4, 0.5) is 23.4 Å². The molecule has 0 unspecified atom stereocenters. The standard InChI is InChI=1S/C33H27F4N5O2/c1-2-23-26(36)8-7-19-12-22(43)13-24(27(19)23)29-28(37)30-25(15-38-29)31(41-10-4-3-6-20(34)16-41)40-32(39-30)44-18-33-9-5-11-42(33)17-21(35)14-33/h1,3-4,6-8,12-13,15,21,43H,5,9-11,14,16-18H2/t21-,33+/m1/s1. The maximum atomic E-state index is 16.6. The van der Waals surface area contributed by atoms with Gasteiger partial charge in [0, 0.05) is 36.7 Å². The van der Waals surface area contributed by atoms with Gasteiger partial charge in [0.05, 0.1) is 23.0 Å². The zero-order chi connectivity index (χ0) is 30.6. The average Bonchev–Trinajstić information content (AvgIpc) is 3.43. The van der Waals surface area contributed by atoms with Crippen LogP contribution in [0.5, 0.6) is 11.8 Å². The maximum Gasteiger partial charge on any atom is 0.319 e. The summed E-state index contributed by atoms with van der Waals surface area (Å²) in [6.07, 6.45) is 12.7. The SMILES string of the molecule is C#Cc1c(F)ccc2cc(O)cc(-c3ncc4c(N5CC=CC=C(F)C5)nc(OC[C@@]56CCCN5C[C@H](F)C6)nc4c3F)c12. The molecule has 224 valence electrons. The lowest BCUT2D eigenvalue weighted by Crippen LogP contribution is -2.43. The predicted molar refractivity (Wildman–Crippen MR) is 159 cm³/mol. The van der Waals surface area contributed by atoms with Crippen molar-refractivity contribution in [2.75, 3.05) is 37.7 Å². The fraction of sp³-hybridized carbons (Fsp3) is 0.303. The number of ether oxygens (including phenoxy) is 1. The van der Waals surface area contributed by atoms with Gasteiger partial charge in [-0.3, -0.25) is 9.88 Å². The number of benzene rings is 2. The van der Waals surface area contributed by atoms with E-state index in [0.29, 0.717) is 18.4 Å². The van der Waals surface area contributed by atoms with E-state index < -0.39 is 29.2 Å². The summed E-state index contributed by atoms with van der Waals surface area (Å²) in [5, 5.41) is 11.3. The van der Waals surface area contributed by atoms with E-state index in [1.165, 1.54) is 36.5 Å². The van der Waals surface area contributed by atoms with Crippen LogP contribution < -0.4 is 9.64 Å². The maximum absolute atomic E-state index is 16.6. The van der Waals surface area contributed by atoms with E-state index in [4.69, 9.17) is 11.2 Å². The number of anilines is 1. The molecule has 3 aliphatic heterocycles. The molecule has 0 amide bonds. The summed E-state index contributed by atoms with van der Waals surface area (Å²) in [4.78, 5) is 17.0. The minimum absolute atomic E-state index is 0.0709. The van der Waals surface area contributed by atoms with E-state index >= 15 is 4.39 Å². The first-order valence-corrected chi connectivity index (χ1v) is 14.3. The summed E-state index contributed by atoms with van der Waals surface area (Å²) >= 11 is 0. The summed E-state index contributed by atoms with van der Waals surface area (Å²) in [5.41, 5.74) is -0.932. The zero-order valence-electron chi connectivity index (χ0n) is 23.5. The van der Waals surface area contributed by atoms with Gasteiger partial charge in [0.1, 0.15) is 47.2 Å². The Balaban J connectivity index is 1.39. The van der Waals surface area contributed by atoms with Crippen molar-refractivity contribution in [2.24, 2.45) is 0 Å². The topological polar surface area (TPSA) is 74.6 Å². The van der Waals surface area contributed by atoms with Crippen LogP contribution in [0.15, 0.2) is 54.5 Å². The van der Waals surface area contributed by atoms with Gasteiger partial charge in [-0.05, 0) is 49.0 Å². The lowest BCUT2D eigenvalue weighted by atomic mass is 9.95. The van der Waals surface area contributed by atoms with Gasteiger partial charge in [-0.1, -0.05) is 24.1 Å². The molecule has 0 spiro atoms. The summed E-state index contributed by atoms with van der Waals surface area (Å²) in [7, 11) is 0. The average molecular weight is 602 g/mol. The minimum Gasteiger partial charge on any atom is -0.508 e. The van der Waals surface area contributed by atoms with E-state index in [1.807, 2.05) is 0 Å². The van der Waals surface area contributed by atoms with Crippen molar-refractivity contribution in [3.63, 3.8) is 0 Å². The number of nitrogens with zero attached hydrogens (tertiary/aromatic N) is 5. The third-order valence-electron chi connectivity index (χ3n) is 8.71. The quantitative estimate of drug-likeness (QED) is 0.222. The Kier molecular flexibility index (Phi) is 6.89. The summed E-state index contributed by atoms with van der Waals surface area (Å²) in [6, 6.07) is 5.13. The molecule has 2 saturated heterocycles. The number of aromatic hydroxyl groups is 1. The molecule has 0 aliphatic carbocycles. The lowest BCUT2D eigenvalue weighted by Gasteiger charge is -2.31. The number of terminal acetylenes is 1. The smallest absolute Gasteiger partial charge is 0.319 e. The van der Waals surface area contributed by atoms with Gasteiger partial charge >= 0.3 is 6.01 Å². The van der Waals surface area contributed by atoms with Crippen molar-refractivity contribution in [1.82, 2.24) is 19.9 Å². The molecule has 2 aromatic carbocycles. The van der Waals surface area contributed by atoms with Crippen LogP contribution in [0.1, 0.15) is 24.8 Å². The predicted octanol–water partition coefficient (Wildman–Crippen LogP) is 5.99. The van der Waals surface area contributed by atoms with Crippen LogP contribution in [0, 0.1) is 24.0 Å². The van der Waals surface area contributed by atoms with Crippen molar-refractivity contribution in [1.29, 1.82) is 0 Å². The molecule has 5 heterocycles. The normalized spacial score (nSPS) is 21.8. The van der Waals surface area contributed by atoms with Crippen LogP contribution in [0.3, 0.4) is 0 Å². The number of rotatable bonds is 5. The molecule has 7 nitrogen and oxygen atoms in total. The highest BCUT2D eigenvalue weighted by Crippen LogP contribution is 2.41. The number of hydrogen-bond acceptors (Lipinski definition) is 7. The third-order valence-corrected chi connectivity index (χ3v) is 8.71. The molecule has 7 rings (SSSR count). The van der Waals surface area contributed by atoms with Gasteiger partial charge < -0.3 is 14.7 Å². The molecule has 4 aromatic rings. The number of pyridine rings is 1. The van der Waals surface area contributed by atoms with Crippen LogP contribution in [-0.4, -0.2) is 69.5 Å². The summed E-state index contributed by atoms with van der Waals surface area (Å²) in [5.74, 6) is 0.335. The Labute approximate surface area is 250 Å². The van der Waals surface area contributed by atoms with E-state index in [-0.39, 0.29) is 70.4 Å². The number of halogens is 4. The van der Waals surface area contributed by atoms with Crippen LogP contribution in [0.2, 0.25) is 0 Å². The fourth-order valence-electron chi connectivity index (χ4n) is 6.74. The van der Waals surface area contributed by atoms with Crippen LogP contribution in [0.25, 0.3) is 32.9 Å². The van der Waals surface area contributed by atoms with Crippen LogP contribution in [-0.2, 0) is 0 Å². The van der Waals surface area contributed by atoms with E-state index in [2.05, 4.69) is 25.8 Å². The van der Waals surface area contributed by atoms with E-state index in [9.17, 15) is 18.3 Å². The number of phenolic OH excluding ortho intramolecular Hbond substituents is 1. The number of alkyl halides is 1. The van der Waals surface area contributed by atoms with Crippen LogP contribution >= 0.6 is 0 Å². The molecule has 2 fully saturated rings. The van der Waals surface area contributed by atoms with Gasteiger partial charge in [0.15, 0.2) is 5.82 Å². The Morgan fingerprint density at radius 2 is 2.05 bits per heavy atom. The minimum atomic E-state index is -0.966. The van der Waals surface area contributed by atoms with Gasteiger partial charge in [-0.25, -0.2) is 17.6 Å². The van der Waals surface area contributed by atoms with E-state index in [0.717, 1.165) is 19.4 Å². The van der Waals surface area contributed by atoms with Gasteiger partial charge in [-0.15, -0.1) is 6.42 Å². The first-order valence-electron chi connectivity index (χ1n) is 14.3. The molecule has 2 aromatic heterocycles. The van der Waals surface area contributed by atoms with E-state index in [1.54, 1.807) is 17.1 Å². The molecular weight excluding hydrogens is 574 g/mol. The largest absolute Gasteiger partial charge is 0.508 e. The second kappa shape index (κ2) is 10.8. The highest BCUT2D eigenvalue weighted by atomic mass is 19.1. The molecular formula is C33H27F4N5O2. The molecule has 44 heavy (non-hydrogen) atoms. The molecule has 0 radical (unpaired) electrons.